The minimum atomic E-state index is 0.546. The first-order chi connectivity index (χ1) is 2.89. The molecule has 0 aromatic heterocycles. The van der Waals surface area contributed by atoms with Crippen molar-refractivity contribution in [1.82, 2.24) is 0 Å². The van der Waals surface area contributed by atoms with E-state index in [0.29, 0.717) is 5.38 Å². The van der Waals surface area contributed by atoms with Crippen LogP contribution in [0.4, 0.5) is 0 Å². The van der Waals surface area contributed by atoms with Gasteiger partial charge < -0.3 is 0 Å². The standard InChI is InChI=1S/C5H6Cl/c6-5-3-1-2-4(3)5/h5-6H,1-2H2/q+1. The van der Waals surface area contributed by atoms with Gasteiger partial charge in [-0.3, -0.25) is 0 Å². The van der Waals surface area contributed by atoms with Crippen LogP contribution >= 0.6 is 0 Å². The zero-order valence-corrected chi connectivity index (χ0v) is 4.22. The molecular formula is C5H6Cl+. The lowest BCUT2D eigenvalue weighted by Crippen LogP contribution is -1.71. The van der Waals surface area contributed by atoms with Crippen molar-refractivity contribution in [2.75, 3.05) is 0 Å². The Bertz CT molecular complexity index is 110. The maximum atomic E-state index is 4.97. The Morgan fingerprint density at radius 1 is 1.33 bits per heavy atom. The third-order valence-corrected chi connectivity index (χ3v) is 2.19. The molecule has 2 aliphatic rings. The van der Waals surface area contributed by atoms with E-state index in [9.17, 15) is 0 Å². The molecule has 6 heavy (non-hydrogen) atoms. The van der Waals surface area contributed by atoms with Crippen molar-refractivity contribution in [3.8, 4) is 0 Å². The van der Waals surface area contributed by atoms with Crippen molar-refractivity contribution in [2.45, 2.75) is 18.2 Å². The summed E-state index contributed by atoms with van der Waals surface area (Å²) in [5.41, 5.74) is 3.18. The normalized spacial score (nSPS) is 29.5. The zero-order valence-electron chi connectivity index (χ0n) is 3.40. The molecule has 0 fully saturated rings. The molecule has 0 spiro atoms. The lowest BCUT2D eigenvalue weighted by Gasteiger charge is -1.87. The van der Waals surface area contributed by atoms with Crippen molar-refractivity contribution in [2.24, 2.45) is 0 Å². The van der Waals surface area contributed by atoms with E-state index in [1.165, 1.54) is 12.8 Å². The van der Waals surface area contributed by atoms with Crippen LogP contribution in [0.5, 0.6) is 0 Å². The summed E-state index contributed by atoms with van der Waals surface area (Å²) in [6.07, 6.45) is 2.65. The molecule has 0 radical (unpaired) electrons. The molecule has 0 aromatic carbocycles. The highest BCUT2D eigenvalue weighted by molar-refractivity contribution is 5.50. The second-order valence-electron chi connectivity index (χ2n) is 1.93. The predicted molar refractivity (Wildman–Crippen MR) is 21.4 cm³/mol. The molecule has 0 atom stereocenters. The van der Waals surface area contributed by atoms with Gasteiger partial charge in [0.1, 0.15) is 11.6 Å². The topological polar surface area (TPSA) is 0 Å². The Hall–Kier alpha value is 0.0300. The fraction of sp³-hybridized carbons (Fsp3) is 0.600. The molecule has 0 N–H and O–H groups in total. The van der Waals surface area contributed by atoms with Gasteiger partial charge in [-0.25, -0.2) is 0 Å². The van der Waals surface area contributed by atoms with Gasteiger partial charge in [-0.1, -0.05) is 0 Å². The summed E-state index contributed by atoms with van der Waals surface area (Å²) in [7, 11) is 0. The van der Waals surface area contributed by atoms with Crippen LogP contribution in [0.3, 0.4) is 0 Å². The van der Waals surface area contributed by atoms with Crippen LogP contribution in [0.15, 0.2) is 11.1 Å². The molecule has 2 aliphatic carbocycles. The lowest BCUT2D eigenvalue weighted by atomic mass is 10.1. The highest BCUT2D eigenvalue weighted by Gasteiger charge is 2.48. The quantitative estimate of drug-likeness (QED) is 0.312. The maximum Gasteiger partial charge on any atom is 0.222 e. The van der Waals surface area contributed by atoms with Crippen molar-refractivity contribution in [3.63, 3.8) is 0 Å². The number of allylic oxidation sites excluding steroid dienone is 2. The molecule has 0 heterocycles. The van der Waals surface area contributed by atoms with E-state index in [2.05, 4.69) is 0 Å². The minimum absolute atomic E-state index is 0.546. The summed E-state index contributed by atoms with van der Waals surface area (Å²) in [5, 5.41) is 0.546. The van der Waals surface area contributed by atoms with Gasteiger partial charge in [0.25, 0.3) is 0 Å². The highest BCUT2D eigenvalue weighted by Crippen LogP contribution is 2.49. The average Bonchev–Trinajstić information content (AvgIpc) is 1.63. The number of hydrogen-bond acceptors (Lipinski definition) is 0. The summed E-state index contributed by atoms with van der Waals surface area (Å²) in [5.74, 6) is 0. The Morgan fingerprint density at radius 2 is 1.83 bits per heavy atom. The molecule has 0 bridgehead atoms. The average molecular weight is 102 g/mol. The zero-order chi connectivity index (χ0) is 4.15. The highest BCUT2D eigenvalue weighted by atomic mass is 35.5. The molecule has 0 aromatic rings. The first-order valence-electron chi connectivity index (χ1n) is 2.27. The van der Waals surface area contributed by atoms with Gasteiger partial charge in [0.2, 0.25) is 5.38 Å². The first kappa shape index (κ1) is 3.09. The molecule has 0 unspecified atom stereocenters. The third kappa shape index (κ3) is 0.164. The van der Waals surface area contributed by atoms with Gasteiger partial charge in [-0.15, -0.1) is 0 Å². The molecule has 1 heteroatoms. The van der Waals surface area contributed by atoms with E-state index in [-0.39, 0.29) is 0 Å². The fourth-order valence-corrected chi connectivity index (χ4v) is 1.44. The van der Waals surface area contributed by atoms with Gasteiger partial charge in [0, 0.05) is 11.1 Å². The molecule has 2 rings (SSSR count). The molecule has 0 amide bonds. The summed E-state index contributed by atoms with van der Waals surface area (Å²) in [4.78, 5) is 0. The third-order valence-electron chi connectivity index (χ3n) is 1.63. The molecular weight excluding hydrogens is 95.5 g/mol. The van der Waals surface area contributed by atoms with Crippen LogP contribution in [0.25, 0.3) is 0 Å². The summed E-state index contributed by atoms with van der Waals surface area (Å²) < 4.78 is 0. The van der Waals surface area contributed by atoms with E-state index in [1.54, 1.807) is 11.1 Å². The molecule has 0 aliphatic heterocycles. The Balaban J connectivity index is 2.30. The monoisotopic (exact) mass is 101 g/mol. The van der Waals surface area contributed by atoms with E-state index in [1.807, 2.05) is 0 Å². The predicted octanol–water partition coefficient (Wildman–Crippen LogP) is 0.741. The van der Waals surface area contributed by atoms with Crippen LogP contribution in [0, 0.1) is 11.6 Å². The number of alkyl halides is 1. The molecule has 32 valence electrons. The van der Waals surface area contributed by atoms with Gasteiger partial charge in [-0.05, 0) is 12.8 Å². The van der Waals surface area contributed by atoms with Gasteiger partial charge in [-0.2, -0.15) is 0 Å². The van der Waals surface area contributed by atoms with Crippen molar-refractivity contribution < 1.29 is 11.6 Å². The second-order valence-corrected chi connectivity index (χ2v) is 2.40. The smallest absolute Gasteiger partial charge is 0.0216 e. The lowest BCUT2D eigenvalue weighted by molar-refractivity contribution is -0.377. The summed E-state index contributed by atoms with van der Waals surface area (Å²) >= 11 is 4.97. The van der Waals surface area contributed by atoms with Gasteiger partial charge in [0.15, 0.2) is 0 Å². The maximum absolute atomic E-state index is 4.97. The minimum Gasteiger partial charge on any atom is -0.0216 e. The number of rotatable bonds is 0. The second kappa shape index (κ2) is 0.671. The SMILES string of the molecule is [ClH+]C1C2=C1CC2. The Labute approximate surface area is 41.8 Å². The summed E-state index contributed by atoms with van der Waals surface area (Å²) in [6, 6.07) is 0. The van der Waals surface area contributed by atoms with Crippen LogP contribution < -0.4 is 0 Å². The van der Waals surface area contributed by atoms with E-state index in [0.717, 1.165) is 0 Å². The number of halogens is 1. The van der Waals surface area contributed by atoms with Crippen LogP contribution in [0.1, 0.15) is 12.8 Å². The first-order valence-corrected chi connectivity index (χ1v) is 2.74. The largest absolute Gasteiger partial charge is 0.222 e. The summed E-state index contributed by atoms with van der Waals surface area (Å²) in [6.45, 7) is 0. The van der Waals surface area contributed by atoms with E-state index >= 15 is 0 Å². The molecule has 0 saturated heterocycles. The van der Waals surface area contributed by atoms with Gasteiger partial charge >= 0.3 is 0 Å². The Morgan fingerprint density at radius 3 is 1.83 bits per heavy atom. The van der Waals surface area contributed by atoms with E-state index in [4.69, 9.17) is 11.6 Å². The van der Waals surface area contributed by atoms with Crippen LogP contribution in [-0.2, 0) is 0 Å². The van der Waals surface area contributed by atoms with Crippen LogP contribution in [0.2, 0.25) is 0 Å². The van der Waals surface area contributed by atoms with Crippen molar-refractivity contribution >= 4 is 0 Å². The van der Waals surface area contributed by atoms with Gasteiger partial charge in [0.05, 0.1) is 0 Å². The van der Waals surface area contributed by atoms with E-state index < -0.39 is 0 Å². The number of hydrogen-bond donors (Lipinski definition) is 0. The fourth-order valence-electron chi connectivity index (χ4n) is 0.967. The molecule has 0 nitrogen and oxygen atoms in total. The van der Waals surface area contributed by atoms with Crippen molar-refractivity contribution in [1.29, 1.82) is 0 Å². The van der Waals surface area contributed by atoms with Crippen molar-refractivity contribution in [3.05, 3.63) is 11.1 Å². The Kier molecular flexibility index (Phi) is 0.345. The van der Waals surface area contributed by atoms with Crippen LogP contribution in [-0.4, -0.2) is 5.38 Å². The molecule has 0 saturated carbocycles.